The van der Waals surface area contributed by atoms with E-state index in [4.69, 9.17) is 11.6 Å². The number of carbonyl (C=O) groups is 1. The first kappa shape index (κ1) is 17.0. The fourth-order valence-corrected chi connectivity index (χ4v) is 2.79. The molecule has 126 valence electrons. The van der Waals surface area contributed by atoms with Crippen molar-refractivity contribution >= 4 is 34.6 Å². The molecule has 0 atom stereocenters. The van der Waals surface area contributed by atoms with Crippen LogP contribution in [0.15, 0.2) is 60.9 Å². The van der Waals surface area contributed by atoms with Crippen molar-refractivity contribution in [1.82, 2.24) is 4.98 Å². The van der Waals surface area contributed by atoms with Crippen LogP contribution in [0.1, 0.15) is 21.5 Å². The summed E-state index contributed by atoms with van der Waals surface area (Å²) >= 11 is 6.08. The monoisotopic (exact) mass is 351 g/mol. The first-order chi connectivity index (χ1) is 12.0. The number of pyridine rings is 1. The van der Waals surface area contributed by atoms with Crippen molar-refractivity contribution in [3.63, 3.8) is 0 Å². The second-order valence-corrected chi connectivity index (χ2v) is 6.30. The molecule has 0 fully saturated rings. The predicted molar refractivity (Wildman–Crippen MR) is 103 cm³/mol. The number of hydrogen-bond donors (Lipinski definition) is 2. The number of carbonyl (C=O) groups excluding carboxylic acids is 1. The highest BCUT2D eigenvalue weighted by molar-refractivity contribution is 6.33. The van der Waals surface area contributed by atoms with E-state index in [0.717, 1.165) is 11.4 Å². The molecule has 2 aromatic carbocycles. The highest BCUT2D eigenvalue weighted by atomic mass is 35.5. The Labute approximate surface area is 151 Å². The van der Waals surface area contributed by atoms with Gasteiger partial charge in [0.1, 0.15) is 0 Å². The van der Waals surface area contributed by atoms with E-state index in [1.165, 1.54) is 17.3 Å². The number of halogens is 1. The van der Waals surface area contributed by atoms with Crippen LogP contribution in [0.4, 0.5) is 17.1 Å². The maximum Gasteiger partial charge on any atom is 0.257 e. The summed E-state index contributed by atoms with van der Waals surface area (Å²) in [6, 6.07) is 15.1. The van der Waals surface area contributed by atoms with E-state index in [0.29, 0.717) is 16.3 Å². The third-order valence-electron chi connectivity index (χ3n) is 3.63. The average Bonchev–Trinajstić information content (AvgIpc) is 2.56. The van der Waals surface area contributed by atoms with Gasteiger partial charge >= 0.3 is 0 Å². The van der Waals surface area contributed by atoms with Crippen molar-refractivity contribution < 1.29 is 4.79 Å². The van der Waals surface area contributed by atoms with Crippen molar-refractivity contribution in [2.24, 2.45) is 0 Å². The molecule has 0 unspecified atom stereocenters. The number of aromatic nitrogens is 1. The molecule has 0 aliphatic carbocycles. The van der Waals surface area contributed by atoms with Crippen LogP contribution < -0.4 is 10.6 Å². The lowest BCUT2D eigenvalue weighted by molar-refractivity contribution is 0.102. The molecule has 2 N–H and O–H groups in total. The van der Waals surface area contributed by atoms with Crippen LogP contribution in [0.2, 0.25) is 5.02 Å². The van der Waals surface area contributed by atoms with E-state index in [9.17, 15) is 4.79 Å². The highest BCUT2D eigenvalue weighted by Crippen LogP contribution is 2.23. The molecule has 0 saturated heterocycles. The summed E-state index contributed by atoms with van der Waals surface area (Å²) in [7, 11) is 0. The van der Waals surface area contributed by atoms with Crippen LogP contribution in [0.5, 0.6) is 0 Å². The van der Waals surface area contributed by atoms with Crippen LogP contribution in [-0.2, 0) is 0 Å². The third kappa shape index (κ3) is 4.37. The second-order valence-electron chi connectivity index (χ2n) is 5.90. The van der Waals surface area contributed by atoms with E-state index in [1.807, 2.05) is 38.1 Å². The zero-order chi connectivity index (χ0) is 17.8. The number of amides is 1. The topological polar surface area (TPSA) is 54.0 Å². The summed E-state index contributed by atoms with van der Waals surface area (Å²) in [5.74, 6) is -0.260. The summed E-state index contributed by atoms with van der Waals surface area (Å²) in [6.45, 7) is 4.09. The maximum atomic E-state index is 12.4. The third-order valence-corrected chi connectivity index (χ3v) is 3.96. The molecule has 5 heteroatoms. The van der Waals surface area contributed by atoms with Crippen LogP contribution in [0, 0.1) is 13.8 Å². The Morgan fingerprint density at radius 1 is 0.960 bits per heavy atom. The second kappa shape index (κ2) is 7.36. The number of nitrogens with one attached hydrogen (secondary N) is 2. The van der Waals surface area contributed by atoms with E-state index in [1.54, 1.807) is 24.4 Å². The Bertz CT molecular complexity index is 904. The predicted octanol–water partition coefficient (Wildman–Crippen LogP) is 5.35. The molecule has 0 saturated carbocycles. The van der Waals surface area contributed by atoms with Gasteiger partial charge in [-0.2, -0.15) is 0 Å². The molecule has 1 amide bonds. The molecule has 3 aromatic rings. The number of anilines is 3. The van der Waals surface area contributed by atoms with Gasteiger partial charge in [0.2, 0.25) is 0 Å². The van der Waals surface area contributed by atoms with Crippen molar-refractivity contribution in [2.75, 3.05) is 10.6 Å². The first-order valence-electron chi connectivity index (χ1n) is 7.87. The van der Waals surface area contributed by atoms with Gasteiger partial charge in [-0.1, -0.05) is 29.8 Å². The summed E-state index contributed by atoms with van der Waals surface area (Å²) in [5, 5.41) is 6.58. The Balaban J connectivity index is 1.79. The molecule has 4 nitrogen and oxygen atoms in total. The number of rotatable bonds is 4. The molecule has 25 heavy (non-hydrogen) atoms. The van der Waals surface area contributed by atoms with Gasteiger partial charge in [0.15, 0.2) is 0 Å². The van der Waals surface area contributed by atoms with Crippen molar-refractivity contribution in [3.05, 3.63) is 82.6 Å². The van der Waals surface area contributed by atoms with Gasteiger partial charge in [-0.15, -0.1) is 0 Å². The number of para-hydroxylation sites is 1. The Morgan fingerprint density at radius 3 is 2.40 bits per heavy atom. The molecule has 0 spiro atoms. The maximum absolute atomic E-state index is 12.4. The molecular weight excluding hydrogens is 334 g/mol. The number of benzene rings is 2. The van der Waals surface area contributed by atoms with Gasteiger partial charge in [-0.05, 0) is 55.3 Å². The molecule has 3 rings (SSSR count). The van der Waals surface area contributed by atoms with E-state index in [2.05, 4.69) is 21.7 Å². The Morgan fingerprint density at radius 2 is 1.68 bits per heavy atom. The smallest absolute Gasteiger partial charge is 0.257 e. The highest BCUT2D eigenvalue weighted by Gasteiger charge is 2.09. The SMILES string of the molecule is Cc1cc(C)cc(Nc2cncc(C(=O)Nc3ccccc3Cl)c2)c1. The summed E-state index contributed by atoms with van der Waals surface area (Å²) in [4.78, 5) is 16.6. The van der Waals surface area contributed by atoms with E-state index >= 15 is 0 Å². The minimum Gasteiger partial charge on any atom is -0.354 e. The van der Waals surface area contributed by atoms with E-state index < -0.39 is 0 Å². The molecular formula is C20H18ClN3O. The molecule has 1 aromatic heterocycles. The van der Waals surface area contributed by atoms with Gasteiger partial charge < -0.3 is 10.6 Å². The largest absolute Gasteiger partial charge is 0.354 e. The van der Waals surface area contributed by atoms with Crippen LogP contribution in [0.25, 0.3) is 0 Å². The van der Waals surface area contributed by atoms with Gasteiger partial charge in [-0.3, -0.25) is 9.78 Å². The fraction of sp³-hybridized carbons (Fsp3) is 0.100. The average molecular weight is 352 g/mol. The lowest BCUT2D eigenvalue weighted by atomic mass is 10.1. The number of hydrogen-bond acceptors (Lipinski definition) is 3. The summed E-state index contributed by atoms with van der Waals surface area (Å²) < 4.78 is 0. The fourth-order valence-electron chi connectivity index (χ4n) is 2.60. The lowest BCUT2D eigenvalue weighted by Crippen LogP contribution is -2.12. The molecule has 0 aliphatic rings. The van der Waals surface area contributed by atoms with Crippen LogP contribution in [0.3, 0.4) is 0 Å². The standard InChI is InChI=1S/C20H18ClN3O/c1-13-7-14(2)9-16(8-13)23-17-10-15(11-22-12-17)20(25)24-19-6-4-3-5-18(19)21/h3-12,23H,1-2H3,(H,24,25). The number of nitrogens with zero attached hydrogens (tertiary/aromatic N) is 1. The Kier molecular flexibility index (Phi) is 5.00. The summed E-state index contributed by atoms with van der Waals surface area (Å²) in [5.41, 5.74) is 5.07. The Hall–Kier alpha value is -2.85. The summed E-state index contributed by atoms with van der Waals surface area (Å²) in [6.07, 6.45) is 3.21. The van der Waals surface area contributed by atoms with Gasteiger partial charge in [0.05, 0.1) is 28.2 Å². The van der Waals surface area contributed by atoms with Crippen molar-refractivity contribution in [3.8, 4) is 0 Å². The molecule has 0 aliphatic heterocycles. The van der Waals surface area contributed by atoms with Crippen LogP contribution >= 0.6 is 11.6 Å². The quantitative estimate of drug-likeness (QED) is 0.666. The minimum absolute atomic E-state index is 0.260. The van der Waals surface area contributed by atoms with Crippen molar-refractivity contribution in [1.29, 1.82) is 0 Å². The van der Waals surface area contributed by atoms with Gasteiger partial charge in [-0.25, -0.2) is 0 Å². The van der Waals surface area contributed by atoms with Crippen LogP contribution in [-0.4, -0.2) is 10.9 Å². The van der Waals surface area contributed by atoms with Crippen molar-refractivity contribution in [2.45, 2.75) is 13.8 Å². The first-order valence-corrected chi connectivity index (χ1v) is 8.25. The molecule has 0 radical (unpaired) electrons. The zero-order valence-electron chi connectivity index (χ0n) is 14.0. The van der Waals surface area contributed by atoms with Gasteiger partial charge in [0.25, 0.3) is 5.91 Å². The zero-order valence-corrected chi connectivity index (χ0v) is 14.8. The van der Waals surface area contributed by atoms with Gasteiger partial charge in [0, 0.05) is 11.9 Å². The normalized spacial score (nSPS) is 10.4. The van der Waals surface area contributed by atoms with E-state index in [-0.39, 0.29) is 5.91 Å². The number of aryl methyl sites for hydroxylation is 2. The lowest BCUT2D eigenvalue weighted by Gasteiger charge is -2.10. The molecule has 0 bridgehead atoms. The molecule has 1 heterocycles. The minimum atomic E-state index is -0.260.